The molecule has 0 aromatic heterocycles. The van der Waals surface area contributed by atoms with Crippen molar-refractivity contribution in [3.63, 3.8) is 0 Å². The van der Waals surface area contributed by atoms with E-state index < -0.39 is 10.0 Å². The first-order valence-corrected chi connectivity index (χ1v) is 11.5. The standard InChI is InChI=1S/C19H20ClN3O3S2/c1-3-10-23-16-6-4-5-7-17(16)28(25,26)22-19(23)27-12-18(24)21-15-9-8-13(2)11-14(15)20/h4-9,11H,3,10,12H2,1-2H3,(H,21,24). The van der Waals surface area contributed by atoms with E-state index in [2.05, 4.69) is 9.71 Å². The molecule has 9 heteroatoms. The highest BCUT2D eigenvalue weighted by Crippen LogP contribution is 2.34. The van der Waals surface area contributed by atoms with Gasteiger partial charge in [0.1, 0.15) is 4.90 Å². The second kappa shape index (κ2) is 8.55. The fraction of sp³-hybridized carbons (Fsp3) is 0.263. The van der Waals surface area contributed by atoms with Crippen molar-refractivity contribution in [1.82, 2.24) is 0 Å². The third-order valence-corrected chi connectivity index (χ3v) is 6.76. The van der Waals surface area contributed by atoms with Crippen LogP contribution in [0.3, 0.4) is 0 Å². The van der Waals surface area contributed by atoms with E-state index in [9.17, 15) is 13.2 Å². The first kappa shape index (κ1) is 20.7. The SMILES string of the molecule is CCCN1C(SCC(=O)Nc2ccc(C)cc2Cl)=NS(=O)(=O)c2ccccc21. The first-order chi connectivity index (χ1) is 13.3. The summed E-state index contributed by atoms with van der Waals surface area (Å²) in [6.07, 6.45) is 0.805. The maximum atomic E-state index is 12.5. The van der Waals surface area contributed by atoms with Crippen LogP contribution in [0.2, 0.25) is 5.02 Å². The van der Waals surface area contributed by atoms with E-state index in [1.165, 1.54) is 0 Å². The van der Waals surface area contributed by atoms with E-state index in [4.69, 9.17) is 11.6 Å². The molecule has 1 amide bonds. The summed E-state index contributed by atoms with van der Waals surface area (Å²) >= 11 is 7.24. The smallest absolute Gasteiger partial charge is 0.286 e. The lowest BCUT2D eigenvalue weighted by Crippen LogP contribution is -2.35. The Bertz CT molecular complexity index is 1040. The van der Waals surface area contributed by atoms with Gasteiger partial charge in [0.05, 0.1) is 22.2 Å². The number of anilines is 2. The Morgan fingerprint density at radius 2 is 2.00 bits per heavy atom. The Morgan fingerprint density at radius 3 is 2.71 bits per heavy atom. The summed E-state index contributed by atoms with van der Waals surface area (Å²) in [6.45, 7) is 4.51. The molecule has 6 nitrogen and oxygen atoms in total. The largest absolute Gasteiger partial charge is 0.324 e. The number of amidine groups is 1. The van der Waals surface area contributed by atoms with Gasteiger partial charge in [-0.2, -0.15) is 8.42 Å². The third kappa shape index (κ3) is 4.51. The van der Waals surface area contributed by atoms with Crippen molar-refractivity contribution in [2.45, 2.75) is 25.2 Å². The normalized spacial score (nSPS) is 15.0. The van der Waals surface area contributed by atoms with Gasteiger partial charge in [-0.1, -0.05) is 48.5 Å². The van der Waals surface area contributed by atoms with Gasteiger partial charge in [0, 0.05) is 6.54 Å². The van der Waals surface area contributed by atoms with Gasteiger partial charge in [-0.25, -0.2) is 0 Å². The maximum absolute atomic E-state index is 12.5. The lowest BCUT2D eigenvalue weighted by atomic mass is 10.2. The van der Waals surface area contributed by atoms with E-state index >= 15 is 0 Å². The molecule has 0 bridgehead atoms. The molecule has 148 valence electrons. The van der Waals surface area contributed by atoms with Crippen molar-refractivity contribution in [2.24, 2.45) is 4.40 Å². The Kier molecular flexibility index (Phi) is 6.32. The topological polar surface area (TPSA) is 78.8 Å². The van der Waals surface area contributed by atoms with Crippen LogP contribution >= 0.6 is 23.4 Å². The Morgan fingerprint density at radius 1 is 1.25 bits per heavy atom. The number of sulfonamides is 1. The number of carbonyl (C=O) groups is 1. The Labute approximate surface area is 174 Å². The van der Waals surface area contributed by atoms with Crippen LogP contribution in [-0.4, -0.2) is 31.8 Å². The lowest BCUT2D eigenvalue weighted by Gasteiger charge is -2.29. The molecule has 1 aliphatic heterocycles. The predicted octanol–water partition coefficient (Wildman–Crippen LogP) is 4.30. The summed E-state index contributed by atoms with van der Waals surface area (Å²) in [6, 6.07) is 12.1. The molecule has 1 N–H and O–H groups in total. The van der Waals surface area contributed by atoms with E-state index in [1.807, 2.05) is 24.8 Å². The fourth-order valence-corrected chi connectivity index (χ4v) is 5.35. The van der Waals surface area contributed by atoms with Crippen molar-refractivity contribution in [2.75, 3.05) is 22.5 Å². The molecule has 0 saturated heterocycles. The molecule has 0 spiro atoms. The van der Waals surface area contributed by atoms with Gasteiger partial charge in [-0.3, -0.25) is 4.79 Å². The Hall–Kier alpha value is -2.03. The zero-order valence-corrected chi connectivity index (χ0v) is 17.9. The van der Waals surface area contributed by atoms with Crippen LogP contribution in [0.25, 0.3) is 0 Å². The number of hydrogen-bond acceptors (Lipinski definition) is 5. The van der Waals surface area contributed by atoms with E-state index in [0.29, 0.717) is 28.1 Å². The van der Waals surface area contributed by atoms with Gasteiger partial charge in [-0.05, 0) is 43.2 Å². The van der Waals surface area contributed by atoms with Crippen LogP contribution in [-0.2, 0) is 14.8 Å². The molecule has 28 heavy (non-hydrogen) atoms. The number of rotatable bonds is 5. The molecule has 0 radical (unpaired) electrons. The molecule has 0 unspecified atom stereocenters. The molecule has 0 aliphatic carbocycles. The zero-order valence-electron chi connectivity index (χ0n) is 15.5. The van der Waals surface area contributed by atoms with Crippen LogP contribution in [0.1, 0.15) is 18.9 Å². The first-order valence-electron chi connectivity index (χ1n) is 8.72. The summed E-state index contributed by atoms with van der Waals surface area (Å²) in [5.74, 6) is -0.271. The number of fused-ring (bicyclic) bond motifs is 1. The van der Waals surface area contributed by atoms with E-state index in [1.54, 1.807) is 36.4 Å². The molecule has 0 fully saturated rings. The lowest BCUT2D eigenvalue weighted by molar-refractivity contribution is -0.113. The van der Waals surface area contributed by atoms with Crippen molar-refractivity contribution >= 4 is 55.8 Å². The highest BCUT2D eigenvalue weighted by atomic mass is 35.5. The number of halogens is 1. The van der Waals surface area contributed by atoms with Gasteiger partial charge in [-0.15, -0.1) is 4.40 Å². The monoisotopic (exact) mass is 437 g/mol. The quantitative estimate of drug-likeness (QED) is 0.754. The molecule has 1 heterocycles. The number of amides is 1. The molecule has 0 atom stereocenters. The summed E-state index contributed by atoms with van der Waals surface area (Å²) < 4.78 is 28.9. The van der Waals surface area contributed by atoms with Crippen molar-refractivity contribution in [3.05, 3.63) is 53.1 Å². The van der Waals surface area contributed by atoms with Gasteiger partial charge < -0.3 is 10.2 Å². The third-order valence-electron chi connectivity index (χ3n) is 4.04. The Balaban J connectivity index is 1.77. The van der Waals surface area contributed by atoms with Crippen LogP contribution in [0.15, 0.2) is 51.8 Å². The summed E-state index contributed by atoms with van der Waals surface area (Å²) in [5.41, 5.74) is 2.10. The molecule has 0 saturated carbocycles. The minimum atomic E-state index is -3.79. The average Bonchev–Trinajstić information content (AvgIpc) is 2.65. The minimum Gasteiger partial charge on any atom is -0.324 e. The molecule has 2 aromatic rings. The summed E-state index contributed by atoms with van der Waals surface area (Å²) in [4.78, 5) is 14.4. The second-order valence-electron chi connectivity index (χ2n) is 6.29. The van der Waals surface area contributed by atoms with Crippen LogP contribution in [0.5, 0.6) is 0 Å². The van der Waals surface area contributed by atoms with Crippen molar-refractivity contribution in [3.8, 4) is 0 Å². The molecule has 2 aromatic carbocycles. The van der Waals surface area contributed by atoms with Crippen LogP contribution in [0.4, 0.5) is 11.4 Å². The number of thioether (sulfide) groups is 1. The van der Waals surface area contributed by atoms with Gasteiger partial charge in [0.15, 0.2) is 5.17 Å². The molecule has 1 aliphatic rings. The number of para-hydroxylation sites is 1. The number of benzene rings is 2. The second-order valence-corrected chi connectivity index (χ2v) is 9.21. The van der Waals surface area contributed by atoms with E-state index in [0.717, 1.165) is 23.7 Å². The minimum absolute atomic E-state index is 0.0148. The molecular weight excluding hydrogens is 418 g/mol. The zero-order chi connectivity index (χ0) is 20.3. The van der Waals surface area contributed by atoms with Crippen LogP contribution in [0, 0.1) is 6.92 Å². The fourth-order valence-electron chi connectivity index (χ4n) is 2.78. The summed E-state index contributed by atoms with van der Waals surface area (Å²) in [5, 5.41) is 3.50. The highest BCUT2D eigenvalue weighted by Gasteiger charge is 2.30. The number of carbonyl (C=O) groups excluding carboxylic acids is 1. The van der Waals surface area contributed by atoms with Crippen LogP contribution < -0.4 is 10.2 Å². The van der Waals surface area contributed by atoms with Gasteiger partial charge >= 0.3 is 0 Å². The maximum Gasteiger partial charge on any atom is 0.286 e. The van der Waals surface area contributed by atoms with Gasteiger partial charge in [0.2, 0.25) is 5.91 Å². The average molecular weight is 438 g/mol. The van der Waals surface area contributed by atoms with Crippen molar-refractivity contribution in [1.29, 1.82) is 0 Å². The van der Waals surface area contributed by atoms with E-state index in [-0.39, 0.29) is 16.6 Å². The summed E-state index contributed by atoms with van der Waals surface area (Å²) in [7, 11) is -3.79. The molecule has 3 rings (SSSR count). The molecular formula is C19H20ClN3O3S2. The predicted molar refractivity (Wildman–Crippen MR) is 116 cm³/mol. The number of hydrogen-bond donors (Lipinski definition) is 1. The van der Waals surface area contributed by atoms with Gasteiger partial charge in [0.25, 0.3) is 10.0 Å². The number of aryl methyl sites for hydroxylation is 1. The van der Waals surface area contributed by atoms with Crippen molar-refractivity contribution < 1.29 is 13.2 Å². The highest BCUT2D eigenvalue weighted by molar-refractivity contribution is 8.15. The number of nitrogens with zero attached hydrogens (tertiary/aromatic N) is 2. The number of nitrogens with one attached hydrogen (secondary N) is 1.